The first-order valence-electron chi connectivity index (χ1n) is 11.2. The molecule has 0 radical (unpaired) electrons. The lowest BCUT2D eigenvalue weighted by atomic mass is 10.1. The van der Waals surface area contributed by atoms with E-state index in [1.54, 1.807) is 28.0 Å². The summed E-state index contributed by atoms with van der Waals surface area (Å²) < 4.78 is 0. The van der Waals surface area contributed by atoms with E-state index in [-0.39, 0.29) is 17.9 Å². The molecule has 1 fully saturated rings. The predicted octanol–water partition coefficient (Wildman–Crippen LogP) is 4.29. The third kappa shape index (κ3) is 4.61. The Kier molecular flexibility index (Phi) is 6.21. The summed E-state index contributed by atoms with van der Waals surface area (Å²) in [6.07, 6.45) is 1.45. The maximum atomic E-state index is 13.2. The van der Waals surface area contributed by atoms with Crippen LogP contribution < -0.4 is 5.32 Å². The lowest BCUT2D eigenvalue weighted by Crippen LogP contribution is -2.50. The average molecular weight is 512 g/mol. The minimum Gasteiger partial charge on any atom is -0.360 e. The second-order valence-electron chi connectivity index (χ2n) is 8.52. The van der Waals surface area contributed by atoms with Crippen molar-refractivity contribution in [3.8, 4) is 0 Å². The van der Waals surface area contributed by atoms with Gasteiger partial charge in [0.1, 0.15) is 18.0 Å². The van der Waals surface area contributed by atoms with Gasteiger partial charge in [-0.1, -0.05) is 23.2 Å². The van der Waals surface area contributed by atoms with Gasteiger partial charge in [0.05, 0.1) is 33.2 Å². The van der Waals surface area contributed by atoms with Gasteiger partial charge in [-0.2, -0.15) is 0 Å². The van der Waals surface area contributed by atoms with E-state index < -0.39 is 0 Å². The molecule has 180 valence electrons. The van der Waals surface area contributed by atoms with E-state index >= 15 is 0 Å². The number of amides is 2. The number of halogens is 2. The average Bonchev–Trinajstić information content (AvgIpc) is 3.27. The first kappa shape index (κ1) is 23.3. The molecular weight excluding hydrogens is 489 g/mol. The Morgan fingerprint density at radius 2 is 1.77 bits per heavy atom. The number of rotatable bonds is 4. The van der Waals surface area contributed by atoms with Crippen molar-refractivity contribution in [3.63, 3.8) is 0 Å². The number of fused-ring (bicyclic) bond motifs is 2. The Labute approximate surface area is 211 Å². The molecule has 1 aliphatic rings. The minimum absolute atomic E-state index is 0.0123. The SMILES string of the molecule is CC(=O)N1CCN(C(=O)c2cc3ncnc(NC(C)c4nc5ccc(Cl)cc5[nH]4)c3cc2Cl)CC1. The number of anilines is 1. The van der Waals surface area contributed by atoms with Gasteiger partial charge in [-0.15, -0.1) is 0 Å². The Bertz CT molecular complexity index is 1450. The molecule has 9 nitrogen and oxygen atoms in total. The zero-order valence-corrected chi connectivity index (χ0v) is 20.7. The van der Waals surface area contributed by atoms with Crippen molar-refractivity contribution in [1.82, 2.24) is 29.7 Å². The van der Waals surface area contributed by atoms with Gasteiger partial charge in [0.15, 0.2) is 0 Å². The molecule has 1 atom stereocenters. The van der Waals surface area contributed by atoms with E-state index in [9.17, 15) is 9.59 Å². The minimum atomic E-state index is -0.197. The number of piperazine rings is 1. The van der Waals surface area contributed by atoms with Crippen LogP contribution >= 0.6 is 23.2 Å². The van der Waals surface area contributed by atoms with E-state index in [1.165, 1.54) is 13.3 Å². The Morgan fingerprint density at radius 3 is 2.51 bits per heavy atom. The predicted molar refractivity (Wildman–Crippen MR) is 136 cm³/mol. The molecule has 3 heterocycles. The first-order valence-corrected chi connectivity index (χ1v) is 12.0. The lowest BCUT2D eigenvalue weighted by molar-refractivity contribution is -0.130. The van der Waals surface area contributed by atoms with Crippen molar-refractivity contribution in [3.05, 3.63) is 58.1 Å². The molecule has 2 aromatic carbocycles. The number of carbonyl (C=O) groups is 2. The van der Waals surface area contributed by atoms with Crippen LogP contribution in [0.5, 0.6) is 0 Å². The molecule has 0 saturated carbocycles. The van der Waals surface area contributed by atoms with Gasteiger partial charge >= 0.3 is 0 Å². The van der Waals surface area contributed by atoms with Crippen LogP contribution in [0.15, 0.2) is 36.7 Å². The van der Waals surface area contributed by atoms with Crippen molar-refractivity contribution >= 4 is 62.8 Å². The van der Waals surface area contributed by atoms with Crippen LogP contribution in [-0.2, 0) is 4.79 Å². The van der Waals surface area contributed by atoms with Crippen molar-refractivity contribution in [2.45, 2.75) is 19.9 Å². The highest BCUT2D eigenvalue weighted by atomic mass is 35.5. The number of nitrogens with zero attached hydrogens (tertiary/aromatic N) is 5. The molecule has 5 rings (SSSR count). The molecule has 1 unspecified atom stereocenters. The zero-order chi connectivity index (χ0) is 24.7. The van der Waals surface area contributed by atoms with Crippen LogP contribution in [0.2, 0.25) is 10.0 Å². The molecule has 0 bridgehead atoms. The van der Waals surface area contributed by atoms with Crippen molar-refractivity contribution in [1.29, 1.82) is 0 Å². The molecule has 2 amide bonds. The maximum absolute atomic E-state index is 13.2. The van der Waals surface area contributed by atoms with Gasteiger partial charge in [0, 0.05) is 43.5 Å². The molecule has 1 saturated heterocycles. The Hall–Kier alpha value is -3.43. The first-order chi connectivity index (χ1) is 16.8. The summed E-state index contributed by atoms with van der Waals surface area (Å²) in [4.78, 5) is 44.8. The van der Waals surface area contributed by atoms with E-state index in [4.69, 9.17) is 23.2 Å². The number of carbonyl (C=O) groups excluding carboxylic acids is 2. The fourth-order valence-electron chi connectivity index (χ4n) is 4.23. The fourth-order valence-corrected chi connectivity index (χ4v) is 4.65. The van der Waals surface area contributed by atoms with Crippen LogP contribution in [0.1, 0.15) is 36.1 Å². The Balaban J connectivity index is 1.39. The largest absolute Gasteiger partial charge is 0.360 e. The molecular formula is C24H23Cl2N7O2. The summed E-state index contributed by atoms with van der Waals surface area (Å²) in [6, 6.07) is 8.70. The number of hydrogen-bond donors (Lipinski definition) is 2. The lowest BCUT2D eigenvalue weighted by Gasteiger charge is -2.34. The fraction of sp³-hybridized carbons (Fsp3) is 0.292. The smallest absolute Gasteiger partial charge is 0.255 e. The maximum Gasteiger partial charge on any atom is 0.255 e. The van der Waals surface area contributed by atoms with Crippen molar-refractivity contribution < 1.29 is 9.59 Å². The third-order valence-electron chi connectivity index (χ3n) is 6.19. The summed E-state index contributed by atoms with van der Waals surface area (Å²) >= 11 is 12.6. The molecule has 11 heteroatoms. The van der Waals surface area contributed by atoms with Crippen LogP contribution in [-0.4, -0.2) is 67.7 Å². The van der Waals surface area contributed by atoms with E-state index in [1.807, 2.05) is 19.1 Å². The number of aromatic amines is 1. The highest BCUT2D eigenvalue weighted by Gasteiger charge is 2.25. The molecule has 0 aliphatic carbocycles. The number of imidazole rings is 1. The van der Waals surface area contributed by atoms with Crippen LogP contribution in [0.3, 0.4) is 0 Å². The summed E-state index contributed by atoms with van der Waals surface area (Å²) in [5.74, 6) is 1.15. The van der Waals surface area contributed by atoms with Gasteiger partial charge in [-0.05, 0) is 37.3 Å². The number of benzene rings is 2. The van der Waals surface area contributed by atoms with Crippen LogP contribution in [0.25, 0.3) is 21.9 Å². The summed E-state index contributed by atoms with van der Waals surface area (Å²) in [5, 5.41) is 5.01. The van der Waals surface area contributed by atoms with Crippen molar-refractivity contribution in [2.75, 3.05) is 31.5 Å². The van der Waals surface area contributed by atoms with Crippen molar-refractivity contribution in [2.24, 2.45) is 0 Å². The van der Waals surface area contributed by atoms with Gasteiger partial charge in [-0.3, -0.25) is 9.59 Å². The Morgan fingerprint density at radius 1 is 1.03 bits per heavy atom. The molecule has 0 spiro atoms. The second-order valence-corrected chi connectivity index (χ2v) is 9.36. The second kappa shape index (κ2) is 9.31. The molecule has 1 aliphatic heterocycles. The quantitative estimate of drug-likeness (QED) is 0.423. The zero-order valence-electron chi connectivity index (χ0n) is 19.2. The molecule has 35 heavy (non-hydrogen) atoms. The van der Waals surface area contributed by atoms with Gasteiger partial charge < -0.3 is 20.1 Å². The molecule has 2 N–H and O–H groups in total. The topological polar surface area (TPSA) is 107 Å². The monoisotopic (exact) mass is 511 g/mol. The number of nitrogens with one attached hydrogen (secondary N) is 2. The van der Waals surface area contributed by atoms with Gasteiger partial charge in [0.25, 0.3) is 5.91 Å². The van der Waals surface area contributed by atoms with Gasteiger partial charge in [-0.25, -0.2) is 15.0 Å². The van der Waals surface area contributed by atoms with Crippen LogP contribution in [0, 0.1) is 0 Å². The normalized spacial score (nSPS) is 15.0. The molecule has 2 aromatic heterocycles. The van der Waals surface area contributed by atoms with E-state index in [2.05, 4.69) is 25.3 Å². The van der Waals surface area contributed by atoms with E-state index in [0.717, 1.165) is 16.9 Å². The highest BCUT2D eigenvalue weighted by Crippen LogP contribution is 2.30. The highest BCUT2D eigenvalue weighted by molar-refractivity contribution is 6.35. The standard InChI is InChI=1S/C24H23Cl2N7O2/c1-13(22-30-19-4-3-15(25)9-21(19)31-22)29-23-17-10-18(26)16(11-20(17)27-12-28-23)24(35)33-7-5-32(6-8-33)14(2)34/h3-4,9-13H,5-8H2,1-2H3,(H,30,31)(H,27,28,29). The van der Waals surface area contributed by atoms with Crippen LogP contribution in [0.4, 0.5) is 5.82 Å². The summed E-state index contributed by atoms with van der Waals surface area (Å²) in [6.45, 7) is 5.44. The third-order valence-corrected chi connectivity index (χ3v) is 6.74. The van der Waals surface area contributed by atoms with E-state index in [0.29, 0.717) is 58.5 Å². The number of H-pyrrole nitrogens is 1. The van der Waals surface area contributed by atoms with Gasteiger partial charge in [0.2, 0.25) is 5.91 Å². The summed E-state index contributed by atoms with van der Waals surface area (Å²) in [7, 11) is 0. The number of aromatic nitrogens is 4. The summed E-state index contributed by atoms with van der Waals surface area (Å²) in [5.41, 5.74) is 2.65. The molecule has 4 aromatic rings. The number of hydrogen-bond acceptors (Lipinski definition) is 6.